The van der Waals surface area contributed by atoms with Crippen molar-refractivity contribution in [3.63, 3.8) is 0 Å². The Bertz CT molecular complexity index is 876. The second-order valence-corrected chi connectivity index (χ2v) is 7.91. The highest BCUT2D eigenvalue weighted by atomic mass is 16.5. The lowest BCUT2D eigenvalue weighted by atomic mass is 10.1. The standard InChI is InChI=1S/C25H35N5O2/c1-3-26-25(27-13-12-21-8-10-24(11-9-21)29-20(2)31)28-18-22-6-4-5-7-23(22)19-30-14-16-32-17-15-30/h4-11H,3,12-19H2,1-2H3,(H,29,31)(H2,26,27,28). The number of rotatable bonds is 9. The molecule has 1 aliphatic heterocycles. The highest BCUT2D eigenvalue weighted by Crippen LogP contribution is 2.14. The first-order valence-corrected chi connectivity index (χ1v) is 11.4. The molecule has 1 fully saturated rings. The third kappa shape index (κ3) is 7.98. The van der Waals surface area contributed by atoms with Crippen molar-refractivity contribution in [3.05, 3.63) is 65.2 Å². The van der Waals surface area contributed by atoms with E-state index in [-0.39, 0.29) is 5.91 Å². The molecule has 2 aromatic rings. The normalized spacial score (nSPS) is 14.8. The molecule has 32 heavy (non-hydrogen) atoms. The second-order valence-electron chi connectivity index (χ2n) is 7.91. The van der Waals surface area contributed by atoms with Crippen LogP contribution in [-0.4, -0.2) is 56.2 Å². The zero-order chi connectivity index (χ0) is 22.6. The van der Waals surface area contributed by atoms with Crippen LogP contribution in [0.5, 0.6) is 0 Å². The van der Waals surface area contributed by atoms with Gasteiger partial charge in [-0.2, -0.15) is 0 Å². The first-order chi connectivity index (χ1) is 15.6. The molecular weight excluding hydrogens is 402 g/mol. The lowest BCUT2D eigenvalue weighted by Gasteiger charge is -2.27. The lowest BCUT2D eigenvalue weighted by molar-refractivity contribution is -0.114. The molecule has 1 aliphatic rings. The van der Waals surface area contributed by atoms with Crippen molar-refractivity contribution < 1.29 is 9.53 Å². The zero-order valence-corrected chi connectivity index (χ0v) is 19.2. The van der Waals surface area contributed by atoms with Crippen molar-refractivity contribution in [2.24, 2.45) is 4.99 Å². The lowest BCUT2D eigenvalue weighted by Crippen LogP contribution is -2.38. The van der Waals surface area contributed by atoms with E-state index in [0.29, 0.717) is 6.54 Å². The van der Waals surface area contributed by atoms with Crippen molar-refractivity contribution in [2.45, 2.75) is 33.4 Å². The number of carbonyl (C=O) groups is 1. The number of morpholine rings is 1. The molecular formula is C25H35N5O2. The fraction of sp³-hybridized carbons (Fsp3) is 0.440. The van der Waals surface area contributed by atoms with Crippen LogP contribution in [0.25, 0.3) is 0 Å². The van der Waals surface area contributed by atoms with E-state index in [1.807, 2.05) is 24.3 Å². The molecule has 3 rings (SSSR count). The number of aliphatic imine (C=N–C) groups is 1. The van der Waals surface area contributed by atoms with E-state index in [1.165, 1.54) is 23.6 Å². The topological polar surface area (TPSA) is 78.0 Å². The van der Waals surface area contributed by atoms with Crippen LogP contribution < -0.4 is 16.0 Å². The largest absolute Gasteiger partial charge is 0.379 e. The van der Waals surface area contributed by atoms with Crippen molar-refractivity contribution in [3.8, 4) is 0 Å². The van der Waals surface area contributed by atoms with Crippen molar-refractivity contribution in [2.75, 3.05) is 44.7 Å². The molecule has 1 saturated heterocycles. The number of guanidine groups is 1. The van der Waals surface area contributed by atoms with Gasteiger partial charge in [0.2, 0.25) is 5.91 Å². The predicted octanol–water partition coefficient (Wildman–Crippen LogP) is 2.78. The highest BCUT2D eigenvalue weighted by molar-refractivity contribution is 5.88. The molecule has 3 N–H and O–H groups in total. The van der Waals surface area contributed by atoms with E-state index < -0.39 is 0 Å². The highest BCUT2D eigenvalue weighted by Gasteiger charge is 2.12. The molecule has 0 atom stereocenters. The molecule has 0 unspecified atom stereocenters. The Morgan fingerprint density at radius 3 is 2.44 bits per heavy atom. The summed E-state index contributed by atoms with van der Waals surface area (Å²) < 4.78 is 5.47. The monoisotopic (exact) mass is 437 g/mol. The maximum atomic E-state index is 11.1. The third-order valence-corrected chi connectivity index (χ3v) is 5.35. The minimum absolute atomic E-state index is 0.0579. The van der Waals surface area contributed by atoms with Gasteiger partial charge in [-0.3, -0.25) is 9.69 Å². The van der Waals surface area contributed by atoms with E-state index in [1.54, 1.807) is 0 Å². The smallest absolute Gasteiger partial charge is 0.221 e. The Morgan fingerprint density at radius 2 is 1.75 bits per heavy atom. The van der Waals surface area contributed by atoms with Gasteiger partial charge < -0.3 is 20.7 Å². The second kappa shape index (κ2) is 12.8. The zero-order valence-electron chi connectivity index (χ0n) is 19.2. The molecule has 7 heteroatoms. The van der Waals surface area contributed by atoms with Gasteiger partial charge in [0, 0.05) is 45.3 Å². The Kier molecular flexibility index (Phi) is 9.53. The van der Waals surface area contributed by atoms with Crippen LogP contribution in [-0.2, 0) is 29.0 Å². The number of nitrogens with zero attached hydrogens (tertiary/aromatic N) is 2. The molecule has 0 radical (unpaired) electrons. The predicted molar refractivity (Wildman–Crippen MR) is 130 cm³/mol. The average molecular weight is 438 g/mol. The summed E-state index contributed by atoms with van der Waals surface area (Å²) in [4.78, 5) is 18.4. The first kappa shape index (κ1) is 23.8. The number of nitrogens with one attached hydrogen (secondary N) is 3. The van der Waals surface area contributed by atoms with Gasteiger partial charge in [-0.05, 0) is 42.2 Å². The summed E-state index contributed by atoms with van der Waals surface area (Å²) in [5, 5.41) is 9.56. The molecule has 0 bridgehead atoms. The first-order valence-electron chi connectivity index (χ1n) is 11.4. The van der Waals surface area contributed by atoms with Gasteiger partial charge >= 0.3 is 0 Å². The fourth-order valence-electron chi connectivity index (χ4n) is 3.66. The molecule has 0 aromatic heterocycles. The summed E-state index contributed by atoms with van der Waals surface area (Å²) >= 11 is 0. The van der Waals surface area contributed by atoms with Gasteiger partial charge in [-0.25, -0.2) is 4.99 Å². The van der Waals surface area contributed by atoms with Crippen LogP contribution in [0.1, 0.15) is 30.5 Å². The molecule has 1 amide bonds. The van der Waals surface area contributed by atoms with Gasteiger partial charge in [0.25, 0.3) is 0 Å². The summed E-state index contributed by atoms with van der Waals surface area (Å²) in [5.74, 6) is 0.765. The summed E-state index contributed by atoms with van der Waals surface area (Å²) in [6.07, 6.45) is 0.873. The minimum atomic E-state index is -0.0579. The molecule has 0 saturated carbocycles. The van der Waals surface area contributed by atoms with Gasteiger partial charge in [0.05, 0.1) is 19.8 Å². The minimum Gasteiger partial charge on any atom is -0.379 e. The number of amides is 1. The Balaban J connectivity index is 1.54. The third-order valence-electron chi connectivity index (χ3n) is 5.35. The van der Waals surface area contributed by atoms with E-state index in [0.717, 1.165) is 64.0 Å². The van der Waals surface area contributed by atoms with Crippen molar-refractivity contribution in [1.82, 2.24) is 15.5 Å². The summed E-state index contributed by atoms with van der Waals surface area (Å²) in [5.41, 5.74) is 4.61. The number of hydrogen-bond acceptors (Lipinski definition) is 4. The number of hydrogen-bond donors (Lipinski definition) is 3. The molecule has 1 heterocycles. The van der Waals surface area contributed by atoms with E-state index in [9.17, 15) is 4.79 Å². The van der Waals surface area contributed by atoms with Crippen LogP contribution in [0.4, 0.5) is 5.69 Å². The Hall–Kier alpha value is -2.90. The van der Waals surface area contributed by atoms with Gasteiger partial charge in [-0.15, -0.1) is 0 Å². The quantitative estimate of drug-likeness (QED) is 0.415. The van der Waals surface area contributed by atoms with Gasteiger partial charge in [0.15, 0.2) is 5.96 Å². The number of ether oxygens (including phenoxy) is 1. The van der Waals surface area contributed by atoms with E-state index in [2.05, 4.69) is 52.0 Å². The average Bonchev–Trinajstić information content (AvgIpc) is 2.80. The molecule has 0 aliphatic carbocycles. The van der Waals surface area contributed by atoms with Crippen LogP contribution in [0, 0.1) is 0 Å². The molecule has 7 nitrogen and oxygen atoms in total. The summed E-state index contributed by atoms with van der Waals surface area (Å²) in [6.45, 7) is 10.3. The van der Waals surface area contributed by atoms with E-state index >= 15 is 0 Å². The van der Waals surface area contributed by atoms with Crippen LogP contribution in [0.2, 0.25) is 0 Å². The van der Waals surface area contributed by atoms with Crippen molar-refractivity contribution in [1.29, 1.82) is 0 Å². The molecule has 0 spiro atoms. The maximum absolute atomic E-state index is 11.1. The SMILES string of the molecule is CCNC(=NCc1ccccc1CN1CCOCC1)NCCc1ccc(NC(C)=O)cc1. The number of benzene rings is 2. The Labute approximate surface area is 191 Å². The fourth-order valence-corrected chi connectivity index (χ4v) is 3.66. The van der Waals surface area contributed by atoms with Gasteiger partial charge in [-0.1, -0.05) is 36.4 Å². The Morgan fingerprint density at radius 1 is 1.03 bits per heavy atom. The maximum Gasteiger partial charge on any atom is 0.221 e. The summed E-state index contributed by atoms with van der Waals surface area (Å²) in [6, 6.07) is 16.5. The van der Waals surface area contributed by atoms with Crippen LogP contribution in [0.15, 0.2) is 53.5 Å². The number of anilines is 1. The van der Waals surface area contributed by atoms with Crippen LogP contribution >= 0.6 is 0 Å². The number of carbonyl (C=O) groups excluding carboxylic acids is 1. The van der Waals surface area contributed by atoms with Crippen LogP contribution in [0.3, 0.4) is 0 Å². The summed E-state index contributed by atoms with van der Waals surface area (Å²) in [7, 11) is 0. The molecule has 2 aromatic carbocycles. The molecule has 172 valence electrons. The van der Waals surface area contributed by atoms with Crippen molar-refractivity contribution >= 4 is 17.6 Å². The van der Waals surface area contributed by atoms with E-state index in [4.69, 9.17) is 9.73 Å². The van der Waals surface area contributed by atoms with Gasteiger partial charge in [0.1, 0.15) is 0 Å².